The number of hydrogen-bond acceptors (Lipinski definition) is 5. The molecule has 7 nitrogen and oxygen atoms in total. The van der Waals surface area contributed by atoms with Gasteiger partial charge in [-0.3, -0.25) is 9.69 Å². The van der Waals surface area contributed by atoms with Crippen molar-refractivity contribution in [2.24, 2.45) is 0 Å². The van der Waals surface area contributed by atoms with E-state index in [2.05, 4.69) is 21.8 Å². The van der Waals surface area contributed by atoms with E-state index in [1.165, 1.54) is 11.8 Å². The van der Waals surface area contributed by atoms with Gasteiger partial charge in [-0.2, -0.15) is 0 Å². The summed E-state index contributed by atoms with van der Waals surface area (Å²) in [6.45, 7) is 2.97. The largest absolute Gasteiger partial charge is 0.379 e. The fourth-order valence-electron chi connectivity index (χ4n) is 4.22. The third kappa shape index (κ3) is 5.76. The van der Waals surface area contributed by atoms with Crippen molar-refractivity contribution < 1.29 is 18.3 Å². The van der Waals surface area contributed by atoms with E-state index in [9.17, 15) is 18.3 Å². The van der Waals surface area contributed by atoms with E-state index in [1.54, 1.807) is 4.90 Å². The molecule has 2 aliphatic rings. The van der Waals surface area contributed by atoms with E-state index < -0.39 is 15.6 Å². The highest BCUT2D eigenvalue weighted by atomic mass is 32.2. The number of β-amino-alcohol motifs (C(OH)–C–C–N with tert-alkyl or cyclic N) is 1. The normalized spacial score (nSPS) is 25.2. The summed E-state index contributed by atoms with van der Waals surface area (Å²) in [6.07, 6.45) is 4.61. The second-order valence-corrected chi connectivity index (χ2v) is 9.88. The molecule has 2 fully saturated rings. The van der Waals surface area contributed by atoms with Crippen LogP contribution in [0.1, 0.15) is 31.2 Å². The fourth-order valence-corrected chi connectivity index (χ4v) is 5.06. The van der Waals surface area contributed by atoms with E-state index in [4.69, 9.17) is 0 Å². The Labute approximate surface area is 167 Å². The van der Waals surface area contributed by atoms with Gasteiger partial charge in [0.15, 0.2) is 5.60 Å². The third-order valence-corrected chi connectivity index (χ3v) is 6.43. The molecule has 2 N–H and O–H groups in total. The minimum absolute atomic E-state index is 0.0645. The molecular weight excluding hydrogens is 378 g/mol. The number of nitrogens with zero attached hydrogens (tertiary/aromatic N) is 2. The molecule has 1 aromatic rings. The first-order valence-corrected chi connectivity index (χ1v) is 11.9. The van der Waals surface area contributed by atoms with Gasteiger partial charge >= 0.3 is 0 Å². The Morgan fingerprint density at radius 1 is 1.18 bits per heavy atom. The van der Waals surface area contributed by atoms with Gasteiger partial charge in [-0.25, -0.2) is 13.1 Å². The number of carbonyl (C=O) groups excluding carboxylic acids is 1. The topological polar surface area (TPSA) is 89.9 Å². The van der Waals surface area contributed by atoms with Crippen molar-refractivity contribution in [3.05, 3.63) is 35.9 Å². The lowest BCUT2D eigenvalue weighted by Gasteiger charge is -2.42. The van der Waals surface area contributed by atoms with Crippen molar-refractivity contribution in [2.75, 3.05) is 39.0 Å². The van der Waals surface area contributed by atoms with E-state index in [0.717, 1.165) is 12.8 Å². The second-order valence-electron chi connectivity index (χ2n) is 8.10. The maximum atomic E-state index is 13.0. The highest BCUT2D eigenvalue weighted by Gasteiger charge is 2.43. The quantitative estimate of drug-likeness (QED) is 0.688. The van der Waals surface area contributed by atoms with Crippen LogP contribution in [-0.4, -0.2) is 79.9 Å². The van der Waals surface area contributed by atoms with Gasteiger partial charge in [0.25, 0.3) is 5.91 Å². The molecule has 0 saturated carbocycles. The molecule has 3 rings (SSSR count). The number of piperidine rings is 2. The van der Waals surface area contributed by atoms with Crippen LogP contribution in [0.4, 0.5) is 0 Å². The van der Waals surface area contributed by atoms with Gasteiger partial charge in [0.2, 0.25) is 10.0 Å². The first-order valence-electron chi connectivity index (χ1n) is 10.0. The molecule has 156 valence electrons. The summed E-state index contributed by atoms with van der Waals surface area (Å²) in [5.74, 6) is -0.175. The molecule has 1 amide bonds. The lowest BCUT2D eigenvalue weighted by atomic mass is 9.90. The average molecular weight is 410 g/mol. The highest BCUT2D eigenvalue weighted by molar-refractivity contribution is 7.88. The lowest BCUT2D eigenvalue weighted by Crippen LogP contribution is -2.60. The number of likely N-dealkylation sites (tertiary alicyclic amines) is 2. The first kappa shape index (κ1) is 21.2. The number of benzene rings is 1. The standard InChI is InChI=1S/C20H31N3O4S/c1-28(26,27)21-18-9-13-22(14-10-18)16-20(25)11-5-12-23(19(20)24)15-8-17-6-3-2-4-7-17/h2-4,6-7,18,21,25H,5,8-16H2,1H3/t20-/m0/s1. The van der Waals surface area contributed by atoms with Crippen LogP contribution in [-0.2, 0) is 21.2 Å². The number of amides is 1. The van der Waals surface area contributed by atoms with Crippen molar-refractivity contribution in [3.8, 4) is 0 Å². The predicted molar refractivity (Wildman–Crippen MR) is 108 cm³/mol. The summed E-state index contributed by atoms with van der Waals surface area (Å²) in [5, 5.41) is 11.1. The zero-order chi connectivity index (χ0) is 20.2. The second kappa shape index (κ2) is 8.90. The maximum absolute atomic E-state index is 13.0. The van der Waals surface area contributed by atoms with Gasteiger partial charge in [0.05, 0.1) is 6.26 Å². The Bertz CT molecular complexity index is 763. The Morgan fingerprint density at radius 2 is 1.86 bits per heavy atom. The summed E-state index contributed by atoms with van der Waals surface area (Å²) in [7, 11) is -3.20. The summed E-state index contributed by atoms with van der Waals surface area (Å²) < 4.78 is 25.4. The number of carbonyl (C=O) groups is 1. The Kier molecular flexibility index (Phi) is 6.75. The van der Waals surface area contributed by atoms with Crippen LogP contribution in [0.2, 0.25) is 0 Å². The van der Waals surface area contributed by atoms with Crippen LogP contribution < -0.4 is 4.72 Å². The molecule has 2 saturated heterocycles. The van der Waals surface area contributed by atoms with Crippen molar-refractivity contribution in [2.45, 2.75) is 43.7 Å². The lowest BCUT2D eigenvalue weighted by molar-refractivity contribution is -0.159. The van der Waals surface area contributed by atoms with Crippen molar-refractivity contribution in [1.82, 2.24) is 14.5 Å². The summed E-state index contributed by atoms with van der Waals surface area (Å²) >= 11 is 0. The number of hydrogen-bond donors (Lipinski definition) is 2. The SMILES string of the molecule is CS(=O)(=O)NC1CCN(C[C@@]2(O)CCCN(CCc3ccccc3)C2=O)CC1. The number of nitrogens with one attached hydrogen (secondary N) is 1. The van der Waals surface area contributed by atoms with Crippen LogP contribution in [0.3, 0.4) is 0 Å². The van der Waals surface area contributed by atoms with Crippen LogP contribution in [0.5, 0.6) is 0 Å². The maximum Gasteiger partial charge on any atom is 0.255 e. The van der Waals surface area contributed by atoms with E-state index in [1.807, 2.05) is 18.2 Å². The minimum atomic E-state index is -3.20. The van der Waals surface area contributed by atoms with Crippen molar-refractivity contribution in [3.63, 3.8) is 0 Å². The molecule has 8 heteroatoms. The van der Waals surface area contributed by atoms with Gasteiger partial charge in [0.1, 0.15) is 0 Å². The van der Waals surface area contributed by atoms with Crippen LogP contribution in [0.25, 0.3) is 0 Å². The van der Waals surface area contributed by atoms with Crippen molar-refractivity contribution in [1.29, 1.82) is 0 Å². The smallest absolute Gasteiger partial charge is 0.255 e. The monoisotopic (exact) mass is 409 g/mol. The zero-order valence-corrected chi connectivity index (χ0v) is 17.3. The molecule has 2 aliphatic heterocycles. The number of aliphatic hydroxyl groups is 1. The first-order chi connectivity index (χ1) is 13.3. The average Bonchev–Trinajstić information content (AvgIpc) is 2.64. The summed E-state index contributed by atoms with van der Waals surface area (Å²) in [4.78, 5) is 16.8. The minimum Gasteiger partial charge on any atom is -0.379 e. The van der Waals surface area contributed by atoms with E-state index in [-0.39, 0.29) is 11.9 Å². The molecule has 0 aliphatic carbocycles. The Balaban J connectivity index is 1.52. The van der Waals surface area contributed by atoms with Gasteiger partial charge < -0.3 is 10.0 Å². The molecule has 2 heterocycles. The molecule has 1 aromatic carbocycles. The van der Waals surface area contributed by atoms with Gasteiger partial charge in [-0.15, -0.1) is 0 Å². The molecule has 0 aromatic heterocycles. The number of sulfonamides is 1. The van der Waals surface area contributed by atoms with Gasteiger partial charge in [-0.05, 0) is 50.8 Å². The van der Waals surface area contributed by atoms with Gasteiger partial charge in [-0.1, -0.05) is 30.3 Å². The number of rotatable bonds is 7. The van der Waals surface area contributed by atoms with Crippen LogP contribution >= 0.6 is 0 Å². The molecule has 0 radical (unpaired) electrons. The highest BCUT2D eigenvalue weighted by Crippen LogP contribution is 2.25. The van der Waals surface area contributed by atoms with E-state index in [0.29, 0.717) is 52.0 Å². The molecule has 0 spiro atoms. The Hall–Kier alpha value is -1.48. The van der Waals surface area contributed by atoms with Gasteiger partial charge in [0, 0.05) is 25.7 Å². The molecule has 0 bridgehead atoms. The fraction of sp³-hybridized carbons (Fsp3) is 0.650. The third-order valence-electron chi connectivity index (χ3n) is 5.67. The molecule has 28 heavy (non-hydrogen) atoms. The summed E-state index contributed by atoms with van der Waals surface area (Å²) in [5.41, 5.74) is -0.156. The molecular formula is C20H31N3O4S. The molecule has 1 atom stereocenters. The zero-order valence-electron chi connectivity index (χ0n) is 16.5. The summed E-state index contributed by atoms with van der Waals surface area (Å²) in [6, 6.07) is 10.00. The van der Waals surface area contributed by atoms with Crippen LogP contribution in [0, 0.1) is 0 Å². The van der Waals surface area contributed by atoms with Crippen LogP contribution in [0.15, 0.2) is 30.3 Å². The predicted octanol–water partition coefficient (Wildman–Crippen LogP) is 0.596. The van der Waals surface area contributed by atoms with E-state index >= 15 is 0 Å². The molecule has 0 unspecified atom stereocenters. The van der Waals surface area contributed by atoms with Crippen molar-refractivity contribution >= 4 is 15.9 Å². The Morgan fingerprint density at radius 3 is 2.50 bits per heavy atom.